The molecule has 9 atom stereocenters. The fourth-order valence-electron chi connectivity index (χ4n) is 6.59. The summed E-state index contributed by atoms with van der Waals surface area (Å²) in [4.78, 5) is 50.1. The van der Waals surface area contributed by atoms with Crippen molar-refractivity contribution in [3.05, 3.63) is 23.8 Å². The second-order valence-corrected chi connectivity index (χ2v) is 10.9. The van der Waals surface area contributed by atoms with Gasteiger partial charge < -0.3 is 33.5 Å². The first kappa shape index (κ1) is 28.3. The van der Waals surface area contributed by atoms with E-state index >= 15 is 0 Å². The number of esters is 4. The highest BCUT2D eigenvalue weighted by atomic mass is 16.6. The normalized spacial score (nSPS) is 41.8. The summed E-state index contributed by atoms with van der Waals surface area (Å²) in [6, 6.07) is 0. The topological polar surface area (TPSA) is 147 Å². The third-order valence-electron chi connectivity index (χ3n) is 8.45. The number of ether oxygens (including phenoxy) is 6. The van der Waals surface area contributed by atoms with Gasteiger partial charge in [0, 0.05) is 33.8 Å². The molecule has 0 radical (unpaired) electrons. The number of rotatable bonds is 5. The molecule has 38 heavy (non-hydrogen) atoms. The van der Waals surface area contributed by atoms with Crippen molar-refractivity contribution < 1.29 is 52.7 Å². The SMILES string of the molecule is COCC1=CC2OC(=O)C(C)C2(O)C(OC(C)=O)C2C3(CCC(OC(C)=O)C2(C)C(OC(C)=O)C=C1)CO3. The van der Waals surface area contributed by atoms with Gasteiger partial charge in [0.2, 0.25) is 0 Å². The Labute approximate surface area is 221 Å². The van der Waals surface area contributed by atoms with E-state index in [2.05, 4.69) is 0 Å². The van der Waals surface area contributed by atoms with Gasteiger partial charge >= 0.3 is 23.9 Å². The van der Waals surface area contributed by atoms with Crippen molar-refractivity contribution in [2.45, 2.75) is 83.1 Å². The summed E-state index contributed by atoms with van der Waals surface area (Å²) in [6.45, 7) is 7.40. The molecule has 210 valence electrons. The van der Waals surface area contributed by atoms with Gasteiger partial charge in [0.15, 0.2) is 11.7 Å². The molecule has 3 fully saturated rings. The lowest BCUT2D eigenvalue weighted by atomic mass is 9.53. The van der Waals surface area contributed by atoms with E-state index in [9.17, 15) is 24.3 Å². The molecule has 11 heteroatoms. The molecule has 1 spiro atoms. The van der Waals surface area contributed by atoms with Gasteiger partial charge in [0.05, 0.1) is 30.1 Å². The van der Waals surface area contributed by atoms with Crippen LogP contribution in [0.4, 0.5) is 0 Å². The van der Waals surface area contributed by atoms with Gasteiger partial charge in [-0.15, -0.1) is 0 Å². The molecule has 11 nitrogen and oxygen atoms in total. The van der Waals surface area contributed by atoms with Crippen molar-refractivity contribution in [1.82, 2.24) is 0 Å². The van der Waals surface area contributed by atoms with E-state index < -0.39 is 76.7 Å². The second kappa shape index (κ2) is 10.1. The highest BCUT2D eigenvalue weighted by Crippen LogP contribution is 2.62. The van der Waals surface area contributed by atoms with E-state index in [1.54, 1.807) is 25.2 Å². The van der Waals surface area contributed by atoms with Crippen LogP contribution in [0.3, 0.4) is 0 Å². The monoisotopic (exact) mass is 536 g/mol. The molecule has 1 N–H and O–H groups in total. The van der Waals surface area contributed by atoms with Gasteiger partial charge in [0.25, 0.3) is 0 Å². The first-order valence-corrected chi connectivity index (χ1v) is 12.8. The molecule has 9 unspecified atom stereocenters. The molecule has 0 amide bonds. The summed E-state index contributed by atoms with van der Waals surface area (Å²) in [5.41, 5.74) is -3.65. The number of aliphatic hydroxyl groups is 1. The first-order valence-electron chi connectivity index (χ1n) is 12.8. The van der Waals surface area contributed by atoms with Gasteiger partial charge in [-0.3, -0.25) is 19.2 Å². The number of methoxy groups -OCH3 is 1. The lowest BCUT2D eigenvalue weighted by Gasteiger charge is -2.56. The Bertz CT molecular complexity index is 1060. The fourth-order valence-corrected chi connectivity index (χ4v) is 6.59. The maximum atomic E-state index is 12.9. The number of hydrogen-bond donors (Lipinski definition) is 1. The largest absolute Gasteiger partial charge is 0.462 e. The van der Waals surface area contributed by atoms with E-state index in [4.69, 9.17) is 28.4 Å². The van der Waals surface area contributed by atoms with Gasteiger partial charge in [-0.2, -0.15) is 0 Å². The highest BCUT2D eigenvalue weighted by Gasteiger charge is 2.74. The van der Waals surface area contributed by atoms with Crippen LogP contribution in [0.1, 0.15) is 47.5 Å². The molecular formula is C27H36O11. The molecular weight excluding hydrogens is 500 g/mol. The quantitative estimate of drug-likeness (QED) is 0.309. The molecule has 0 aromatic heterocycles. The van der Waals surface area contributed by atoms with Crippen LogP contribution in [0, 0.1) is 17.3 Å². The van der Waals surface area contributed by atoms with E-state index in [1.165, 1.54) is 34.8 Å². The molecule has 0 aromatic rings. The van der Waals surface area contributed by atoms with Gasteiger partial charge in [-0.1, -0.05) is 13.0 Å². The average Bonchev–Trinajstić information content (AvgIpc) is 3.55. The Balaban J connectivity index is 2.04. The summed E-state index contributed by atoms with van der Waals surface area (Å²) in [5, 5.41) is 12.4. The van der Waals surface area contributed by atoms with Crippen LogP contribution in [0.5, 0.6) is 0 Å². The fraction of sp³-hybridized carbons (Fsp3) is 0.704. The molecule has 2 saturated heterocycles. The number of carbonyl (C=O) groups is 4. The van der Waals surface area contributed by atoms with E-state index in [0.29, 0.717) is 18.4 Å². The molecule has 1 saturated carbocycles. The van der Waals surface area contributed by atoms with Crippen LogP contribution in [0.25, 0.3) is 0 Å². The third kappa shape index (κ3) is 4.65. The van der Waals surface area contributed by atoms with E-state index in [1.807, 2.05) is 0 Å². The lowest BCUT2D eigenvalue weighted by molar-refractivity contribution is -0.236. The Morgan fingerprint density at radius 2 is 1.74 bits per heavy atom. The standard InChI is InChI=1S/C27H36O11/c1-14-24(31)38-21-11-18(12-33-6)7-8-19(35-15(2)28)25(5)20(36-16(3)29)9-10-26(13-34-26)22(25)23(27(14,21)32)37-17(4)30/h7-8,11,14,19-23,32H,9-10,12-13H2,1-6H3. The maximum Gasteiger partial charge on any atom is 0.312 e. The molecule has 4 rings (SSSR count). The van der Waals surface area contributed by atoms with Crippen LogP contribution in [-0.4, -0.2) is 84.9 Å². The summed E-state index contributed by atoms with van der Waals surface area (Å²) < 4.78 is 34.5. The molecule has 2 aliphatic carbocycles. The van der Waals surface area contributed by atoms with E-state index in [-0.39, 0.29) is 13.2 Å². The summed E-state index contributed by atoms with van der Waals surface area (Å²) in [7, 11) is 1.48. The predicted octanol–water partition coefficient (Wildman–Crippen LogP) is 1.40. The van der Waals surface area contributed by atoms with Gasteiger partial charge in [0.1, 0.15) is 18.3 Å². The summed E-state index contributed by atoms with van der Waals surface area (Å²) in [6.07, 6.45) is 1.32. The smallest absolute Gasteiger partial charge is 0.312 e. The second-order valence-electron chi connectivity index (χ2n) is 10.9. The number of epoxide rings is 1. The average molecular weight is 537 g/mol. The predicted molar refractivity (Wildman–Crippen MR) is 129 cm³/mol. The zero-order chi connectivity index (χ0) is 28.0. The summed E-state index contributed by atoms with van der Waals surface area (Å²) >= 11 is 0. The minimum absolute atomic E-state index is 0.0839. The van der Waals surface area contributed by atoms with Crippen molar-refractivity contribution in [1.29, 1.82) is 0 Å². The lowest BCUT2D eigenvalue weighted by Crippen LogP contribution is -2.69. The van der Waals surface area contributed by atoms with Crippen molar-refractivity contribution in [3.8, 4) is 0 Å². The molecule has 0 bridgehead atoms. The number of hydrogen-bond acceptors (Lipinski definition) is 11. The third-order valence-corrected chi connectivity index (χ3v) is 8.45. The maximum absolute atomic E-state index is 12.9. The van der Waals surface area contributed by atoms with Crippen molar-refractivity contribution in [2.75, 3.05) is 20.3 Å². The molecule has 2 heterocycles. The molecule has 2 aliphatic heterocycles. The Hall–Kier alpha value is -2.76. The van der Waals surface area contributed by atoms with Crippen molar-refractivity contribution >= 4 is 23.9 Å². The number of carbonyl (C=O) groups excluding carboxylic acids is 4. The van der Waals surface area contributed by atoms with Crippen molar-refractivity contribution in [2.24, 2.45) is 17.3 Å². The zero-order valence-electron chi connectivity index (χ0n) is 22.6. The van der Waals surface area contributed by atoms with E-state index in [0.717, 1.165) is 0 Å². The van der Waals surface area contributed by atoms with Crippen LogP contribution in [-0.2, 0) is 47.6 Å². The first-order chi connectivity index (χ1) is 17.8. The van der Waals surface area contributed by atoms with Gasteiger partial charge in [-0.25, -0.2) is 0 Å². The van der Waals surface area contributed by atoms with Crippen LogP contribution in [0.15, 0.2) is 23.8 Å². The Morgan fingerprint density at radius 3 is 2.29 bits per heavy atom. The number of fused-ring (bicyclic) bond motifs is 3. The summed E-state index contributed by atoms with van der Waals surface area (Å²) in [5.74, 6) is -4.45. The molecule has 0 aromatic carbocycles. The Kier molecular flexibility index (Phi) is 7.50. The van der Waals surface area contributed by atoms with Crippen LogP contribution in [0.2, 0.25) is 0 Å². The minimum atomic E-state index is -2.03. The van der Waals surface area contributed by atoms with Gasteiger partial charge in [-0.05, 0) is 37.5 Å². The molecule has 4 aliphatic rings. The van der Waals surface area contributed by atoms with Crippen LogP contribution < -0.4 is 0 Å². The highest BCUT2D eigenvalue weighted by molar-refractivity contribution is 5.78. The Morgan fingerprint density at radius 1 is 1.11 bits per heavy atom. The van der Waals surface area contributed by atoms with Crippen molar-refractivity contribution in [3.63, 3.8) is 0 Å². The van der Waals surface area contributed by atoms with Crippen LogP contribution >= 0.6 is 0 Å². The minimum Gasteiger partial charge on any atom is -0.462 e. The zero-order valence-corrected chi connectivity index (χ0v) is 22.6.